The fourth-order valence-electron chi connectivity index (χ4n) is 4.37. The first-order valence-corrected chi connectivity index (χ1v) is 13.1. The second-order valence-corrected chi connectivity index (χ2v) is 10.0. The Labute approximate surface area is 240 Å². The molecule has 0 spiro atoms. The molecule has 196 valence electrons. The van der Waals surface area contributed by atoms with Crippen molar-refractivity contribution in [2.24, 2.45) is 0 Å². The molecule has 0 atom stereocenters. The molecule has 0 aliphatic carbocycles. The maximum Gasteiger partial charge on any atom is 0.258 e. The van der Waals surface area contributed by atoms with Crippen molar-refractivity contribution in [1.29, 1.82) is 0 Å². The summed E-state index contributed by atoms with van der Waals surface area (Å²) in [5, 5.41) is 11.3. The van der Waals surface area contributed by atoms with Gasteiger partial charge in [-0.05, 0) is 86.7 Å². The number of benzene rings is 3. The van der Waals surface area contributed by atoms with E-state index in [9.17, 15) is 9.18 Å². The Morgan fingerprint density at radius 1 is 0.923 bits per heavy atom. The molecule has 6 nitrogen and oxygen atoms in total. The second kappa shape index (κ2) is 11.0. The van der Waals surface area contributed by atoms with Crippen LogP contribution >= 0.6 is 35.4 Å². The highest BCUT2D eigenvalue weighted by atomic mass is 35.5. The SMILES string of the molecule is Cc1cc(-c2cc(NC(=S)NC(=O)c3ccc(Cl)cc3Cl)n(-c3ccccc3)n2)c(C)n1-c1ccc(F)cc1. The number of para-hydroxylation sites is 1. The van der Waals surface area contributed by atoms with E-state index in [4.69, 9.17) is 40.5 Å². The monoisotopic (exact) mass is 577 g/mol. The lowest BCUT2D eigenvalue weighted by molar-refractivity contribution is 0.0978. The van der Waals surface area contributed by atoms with Gasteiger partial charge < -0.3 is 9.88 Å². The van der Waals surface area contributed by atoms with Crippen molar-refractivity contribution in [3.8, 4) is 22.6 Å². The Hall–Kier alpha value is -3.98. The molecule has 2 heterocycles. The predicted octanol–water partition coefficient (Wildman–Crippen LogP) is 7.52. The zero-order chi connectivity index (χ0) is 27.7. The number of amides is 1. The number of carbonyl (C=O) groups is 1. The van der Waals surface area contributed by atoms with Crippen LogP contribution in [-0.4, -0.2) is 25.4 Å². The van der Waals surface area contributed by atoms with Gasteiger partial charge in [-0.2, -0.15) is 5.10 Å². The number of hydrogen-bond donors (Lipinski definition) is 2. The Morgan fingerprint density at radius 3 is 2.33 bits per heavy atom. The number of carbonyl (C=O) groups excluding carboxylic acids is 1. The number of hydrogen-bond acceptors (Lipinski definition) is 3. The molecule has 2 aromatic heterocycles. The van der Waals surface area contributed by atoms with Crippen LogP contribution in [0, 0.1) is 19.7 Å². The lowest BCUT2D eigenvalue weighted by atomic mass is 10.2. The summed E-state index contributed by atoms with van der Waals surface area (Å²) in [5.41, 5.74) is 5.40. The standard InChI is InChI=1S/C29H22Cl2FN5OS/c1-17-14-24(18(2)36(17)21-11-9-20(32)10-12-21)26-16-27(37(35-26)22-6-4-3-5-7-22)33-29(39)34-28(38)23-13-8-19(30)15-25(23)31/h3-16H,1-2H3,(H2,33,34,38,39). The summed E-state index contributed by atoms with van der Waals surface area (Å²) in [6, 6.07) is 24.4. The third-order valence-electron chi connectivity index (χ3n) is 6.15. The highest BCUT2D eigenvalue weighted by molar-refractivity contribution is 7.80. The first-order chi connectivity index (χ1) is 18.7. The topological polar surface area (TPSA) is 63.9 Å². The number of anilines is 1. The van der Waals surface area contributed by atoms with Crippen LogP contribution in [-0.2, 0) is 0 Å². The summed E-state index contributed by atoms with van der Waals surface area (Å²) in [7, 11) is 0. The van der Waals surface area contributed by atoms with Crippen molar-refractivity contribution in [2.45, 2.75) is 13.8 Å². The Balaban J connectivity index is 1.48. The van der Waals surface area contributed by atoms with Gasteiger partial charge in [0.15, 0.2) is 5.11 Å². The molecule has 10 heteroatoms. The number of halogens is 3. The summed E-state index contributed by atoms with van der Waals surface area (Å²) < 4.78 is 17.3. The van der Waals surface area contributed by atoms with E-state index in [2.05, 4.69) is 10.6 Å². The molecule has 0 saturated carbocycles. The van der Waals surface area contributed by atoms with Crippen molar-refractivity contribution >= 4 is 52.3 Å². The Morgan fingerprint density at radius 2 is 1.64 bits per heavy atom. The Bertz CT molecular complexity index is 1700. The first-order valence-electron chi connectivity index (χ1n) is 11.9. The fraction of sp³-hybridized carbons (Fsp3) is 0.0690. The number of aryl methyl sites for hydroxylation is 1. The molecular weight excluding hydrogens is 556 g/mol. The van der Waals surface area contributed by atoms with Crippen molar-refractivity contribution in [2.75, 3.05) is 5.32 Å². The third kappa shape index (κ3) is 5.59. The zero-order valence-corrected chi connectivity index (χ0v) is 23.2. The van der Waals surface area contributed by atoms with Gasteiger partial charge in [-0.25, -0.2) is 9.07 Å². The van der Waals surface area contributed by atoms with E-state index in [1.807, 2.05) is 60.9 Å². The molecule has 3 aromatic carbocycles. The predicted molar refractivity (Wildman–Crippen MR) is 158 cm³/mol. The minimum absolute atomic E-state index is 0.0754. The summed E-state index contributed by atoms with van der Waals surface area (Å²) in [6.45, 7) is 3.97. The minimum atomic E-state index is -0.469. The maximum atomic E-state index is 13.5. The Kier molecular flexibility index (Phi) is 7.52. The summed E-state index contributed by atoms with van der Waals surface area (Å²) in [5.74, 6) is -0.210. The van der Waals surface area contributed by atoms with Gasteiger partial charge >= 0.3 is 0 Å². The second-order valence-electron chi connectivity index (χ2n) is 8.79. The van der Waals surface area contributed by atoms with Gasteiger partial charge in [0.1, 0.15) is 11.6 Å². The van der Waals surface area contributed by atoms with Gasteiger partial charge in [-0.3, -0.25) is 10.1 Å². The van der Waals surface area contributed by atoms with Crippen LogP contribution in [0.5, 0.6) is 0 Å². The summed E-state index contributed by atoms with van der Waals surface area (Å²) in [6.07, 6.45) is 0. The van der Waals surface area contributed by atoms with E-state index < -0.39 is 5.91 Å². The molecule has 0 saturated heterocycles. The summed E-state index contributed by atoms with van der Waals surface area (Å²) in [4.78, 5) is 12.8. The van der Waals surface area contributed by atoms with Gasteiger partial charge in [0, 0.05) is 33.7 Å². The number of aromatic nitrogens is 3. The zero-order valence-electron chi connectivity index (χ0n) is 20.9. The van der Waals surface area contributed by atoms with Crippen LogP contribution in [0.15, 0.2) is 84.9 Å². The van der Waals surface area contributed by atoms with E-state index in [1.165, 1.54) is 24.3 Å². The molecule has 1 amide bonds. The van der Waals surface area contributed by atoms with Crippen LogP contribution in [0.3, 0.4) is 0 Å². The van der Waals surface area contributed by atoms with E-state index >= 15 is 0 Å². The molecule has 39 heavy (non-hydrogen) atoms. The normalized spacial score (nSPS) is 10.9. The van der Waals surface area contributed by atoms with Crippen molar-refractivity contribution in [3.63, 3.8) is 0 Å². The van der Waals surface area contributed by atoms with Crippen molar-refractivity contribution < 1.29 is 9.18 Å². The lowest BCUT2D eigenvalue weighted by Gasteiger charge is -2.12. The van der Waals surface area contributed by atoms with Gasteiger partial charge in [-0.1, -0.05) is 41.4 Å². The highest BCUT2D eigenvalue weighted by Gasteiger charge is 2.19. The summed E-state index contributed by atoms with van der Waals surface area (Å²) >= 11 is 17.6. The average molecular weight is 579 g/mol. The van der Waals surface area contributed by atoms with Crippen LogP contribution in [0.25, 0.3) is 22.6 Å². The molecule has 0 fully saturated rings. The number of nitrogens with zero attached hydrogens (tertiary/aromatic N) is 3. The van der Waals surface area contributed by atoms with E-state index in [0.717, 1.165) is 28.3 Å². The van der Waals surface area contributed by atoms with Crippen molar-refractivity contribution in [1.82, 2.24) is 19.7 Å². The van der Waals surface area contributed by atoms with E-state index in [-0.39, 0.29) is 21.5 Å². The minimum Gasteiger partial charge on any atom is -0.318 e. The van der Waals surface area contributed by atoms with Crippen LogP contribution in [0.2, 0.25) is 10.0 Å². The number of thiocarbonyl (C=S) groups is 1. The molecule has 0 aliphatic rings. The smallest absolute Gasteiger partial charge is 0.258 e. The number of rotatable bonds is 5. The molecular formula is C29H22Cl2FN5OS. The van der Waals surface area contributed by atoms with Gasteiger partial charge in [0.25, 0.3) is 5.91 Å². The quantitative estimate of drug-likeness (QED) is 0.212. The maximum absolute atomic E-state index is 13.5. The van der Waals surface area contributed by atoms with E-state index in [0.29, 0.717) is 16.5 Å². The van der Waals surface area contributed by atoms with Gasteiger partial charge in [0.05, 0.1) is 22.0 Å². The molecule has 5 aromatic rings. The van der Waals surface area contributed by atoms with Crippen LogP contribution in [0.1, 0.15) is 21.7 Å². The third-order valence-corrected chi connectivity index (χ3v) is 6.90. The molecule has 0 aliphatic heterocycles. The molecule has 0 unspecified atom stereocenters. The molecule has 0 radical (unpaired) electrons. The largest absolute Gasteiger partial charge is 0.318 e. The lowest BCUT2D eigenvalue weighted by Crippen LogP contribution is -2.34. The average Bonchev–Trinajstić information content (AvgIpc) is 3.44. The van der Waals surface area contributed by atoms with E-state index in [1.54, 1.807) is 22.9 Å². The first kappa shape index (κ1) is 26.6. The van der Waals surface area contributed by atoms with Gasteiger partial charge in [-0.15, -0.1) is 0 Å². The number of nitrogens with one attached hydrogen (secondary N) is 2. The van der Waals surface area contributed by atoms with Crippen molar-refractivity contribution in [3.05, 3.63) is 118 Å². The van der Waals surface area contributed by atoms with Gasteiger partial charge in [0.2, 0.25) is 0 Å². The molecule has 5 rings (SSSR count). The fourth-order valence-corrected chi connectivity index (χ4v) is 5.06. The van der Waals surface area contributed by atoms with Crippen LogP contribution in [0.4, 0.5) is 10.2 Å². The molecule has 2 N–H and O–H groups in total. The van der Waals surface area contributed by atoms with Crippen LogP contribution < -0.4 is 10.6 Å². The molecule has 0 bridgehead atoms. The highest BCUT2D eigenvalue weighted by Crippen LogP contribution is 2.31.